The second kappa shape index (κ2) is 12.0. The van der Waals surface area contributed by atoms with Crippen LogP contribution in [0.1, 0.15) is 36.9 Å². The summed E-state index contributed by atoms with van der Waals surface area (Å²) in [5.41, 5.74) is 1.90. The quantitative estimate of drug-likeness (QED) is 0.394. The molecular formula is C28H32Cl2N4O4S. The van der Waals surface area contributed by atoms with Gasteiger partial charge in [0.25, 0.3) is 0 Å². The molecule has 8 nitrogen and oxygen atoms in total. The van der Waals surface area contributed by atoms with E-state index in [4.69, 9.17) is 27.9 Å². The van der Waals surface area contributed by atoms with Crippen molar-refractivity contribution in [3.63, 3.8) is 0 Å². The topological polar surface area (TPSA) is 101 Å². The second-order valence-corrected chi connectivity index (χ2v) is 12.8. The Morgan fingerprint density at radius 1 is 1.13 bits per heavy atom. The van der Waals surface area contributed by atoms with E-state index in [0.29, 0.717) is 47.2 Å². The number of amides is 1. The zero-order valence-electron chi connectivity index (χ0n) is 21.8. The van der Waals surface area contributed by atoms with E-state index in [1.54, 1.807) is 6.07 Å². The zero-order chi connectivity index (χ0) is 27.6. The number of aromatic nitrogens is 1. The summed E-state index contributed by atoms with van der Waals surface area (Å²) in [6.45, 7) is 4.52. The molecule has 2 saturated heterocycles. The summed E-state index contributed by atoms with van der Waals surface area (Å²) in [6, 6.07) is 11.6. The minimum atomic E-state index is -4.07. The number of piperidine rings is 1. The Bertz CT molecular complexity index is 1480. The maximum atomic E-state index is 13.8. The fraction of sp³-hybridized carbons (Fsp3) is 0.429. The third-order valence-corrected chi connectivity index (χ3v) is 10.3. The monoisotopic (exact) mass is 590 g/mol. The fourth-order valence-electron chi connectivity index (χ4n) is 5.26. The molecule has 3 heterocycles. The molecule has 2 aliphatic heterocycles. The SMILES string of the molecule is Cc1ccc2cccc(OCc3c(Cl)ccc(S(=O)(=O)N4CCCC4C(=O)NCC4CCNCC4)c3Cl)c2n1. The predicted molar refractivity (Wildman–Crippen MR) is 153 cm³/mol. The minimum Gasteiger partial charge on any atom is -0.487 e. The standard InChI is InChI=1S/C28H32Cl2N4O4S/c1-18-7-8-20-4-2-6-24(27(20)33-18)38-17-21-22(29)9-10-25(26(21)30)39(36,37)34-15-3-5-23(34)28(35)32-16-19-11-13-31-14-12-19/h2,4,6-10,19,23,31H,3,5,11-17H2,1H3,(H,32,35). The number of ether oxygens (including phenoxy) is 1. The van der Waals surface area contributed by atoms with Gasteiger partial charge in [0.2, 0.25) is 15.9 Å². The molecule has 1 aromatic heterocycles. The Morgan fingerprint density at radius 3 is 2.72 bits per heavy atom. The molecule has 3 aromatic rings. The molecule has 0 saturated carbocycles. The molecule has 2 aliphatic rings. The van der Waals surface area contributed by atoms with E-state index in [0.717, 1.165) is 37.0 Å². The number of hydrogen-bond acceptors (Lipinski definition) is 6. The molecular weight excluding hydrogens is 559 g/mol. The molecule has 2 fully saturated rings. The van der Waals surface area contributed by atoms with Crippen LogP contribution in [0.3, 0.4) is 0 Å². The highest BCUT2D eigenvalue weighted by atomic mass is 35.5. The van der Waals surface area contributed by atoms with Crippen molar-refractivity contribution in [2.24, 2.45) is 5.92 Å². The number of nitrogens with zero attached hydrogens (tertiary/aromatic N) is 2. The van der Waals surface area contributed by atoms with Crippen LogP contribution in [0.15, 0.2) is 47.4 Å². The highest BCUT2D eigenvalue weighted by molar-refractivity contribution is 7.89. The summed E-state index contributed by atoms with van der Waals surface area (Å²) in [5.74, 6) is 0.680. The number of rotatable bonds is 8. The Kier molecular flexibility index (Phi) is 8.63. The maximum absolute atomic E-state index is 13.8. The molecule has 0 spiro atoms. The number of hydrogen-bond donors (Lipinski definition) is 2. The number of carbonyl (C=O) groups excluding carboxylic acids is 1. The van der Waals surface area contributed by atoms with Crippen molar-refractivity contribution in [1.29, 1.82) is 0 Å². The number of nitrogens with one attached hydrogen (secondary N) is 2. The average Bonchev–Trinajstić information content (AvgIpc) is 3.43. The minimum absolute atomic E-state index is 0.00681. The number of halogens is 2. The zero-order valence-corrected chi connectivity index (χ0v) is 24.1. The van der Waals surface area contributed by atoms with Crippen molar-refractivity contribution in [3.8, 4) is 5.75 Å². The maximum Gasteiger partial charge on any atom is 0.245 e. The lowest BCUT2D eigenvalue weighted by molar-refractivity contribution is -0.124. The van der Waals surface area contributed by atoms with Gasteiger partial charge in [-0.25, -0.2) is 13.4 Å². The average molecular weight is 592 g/mol. The normalized spacial score (nSPS) is 18.9. The smallest absolute Gasteiger partial charge is 0.245 e. The summed E-state index contributed by atoms with van der Waals surface area (Å²) in [6.07, 6.45) is 3.05. The van der Waals surface area contributed by atoms with Crippen molar-refractivity contribution < 1.29 is 17.9 Å². The van der Waals surface area contributed by atoms with E-state index in [2.05, 4.69) is 15.6 Å². The third-order valence-electron chi connectivity index (χ3n) is 7.46. The second-order valence-electron chi connectivity index (χ2n) is 10.1. The summed E-state index contributed by atoms with van der Waals surface area (Å²) in [5, 5.41) is 7.50. The van der Waals surface area contributed by atoms with Gasteiger partial charge in [0.05, 0.1) is 5.02 Å². The van der Waals surface area contributed by atoms with E-state index in [9.17, 15) is 13.2 Å². The molecule has 11 heteroatoms. The van der Waals surface area contributed by atoms with Crippen LogP contribution in [0.2, 0.25) is 10.0 Å². The Morgan fingerprint density at radius 2 is 1.92 bits per heavy atom. The van der Waals surface area contributed by atoms with Gasteiger partial charge >= 0.3 is 0 Å². The van der Waals surface area contributed by atoms with E-state index in [-0.39, 0.29) is 29.0 Å². The van der Waals surface area contributed by atoms with Crippen molar-refractivity contribution in [1.82, 2.24) is 19.9 Å². The lowest BCUT2D eigenvalue weighted by atomic mass is 9.98. The molecule has 2 aromatic carbocycles. The Labute approximate surface area is 239 Å². The van der Waals surface area contributed by atoms with Crippen molar-refractivity contribution >= 4 is 50.0 Å². The van der Waals surface area contributed by atoms with Crippen molar-refractivity contribution in [3.05, 3.63) is 63.8 Å². The molecule has 1 unspecified atom stereocenters. The number of pyridine rings is 1. The van der Waals surface area contributed by atoms with Gasteiger partial charge in [-0.15, -0.1) is 0 Å². The van der Waals surface area contributed by atoms with Crippen LogP contribution in [-0.4, -0.2) is 55.8 Å². The first-order valence-electron chi connectivity index (χ1n) is 13.2. The van der Waals surface area contributed by atoms with Crippen molar-refractivity contribution in [2.45, 2.75) is 50.2 Å². The summed E-state index contributed by atoms with van der Waals surface area (Å²) >= 11 is 13.1. The van der Waals surface area contributed by atoms with Gasteiger partial charge < -0.3 is 15.4 Å². The van der Waals surface area contributed by atoms with Gasteiger partial charge in [-0.1, -0.05) is 41.4 Å². The highest BCUT2D eigenvalue weighted by Gasteiger charge is 2.40. The van der Waals surface area contributed by atoms with Gasteiger partial charge in [0, 0.05) is 34.8 Å². The van der Waals surface area contributed by atoms with Gasteiger partial charge in [-0.05, 0) is 75.9 Å². The van der Waals surface area contributed by atoms with Crippen LogP contribution in [0.4, 0.5) is 0 Å². The lowest BCUT2D eigenvalue weighted by Gasteiger charge is -2.26. The first-order valence-corrected chi connectivity index (χ1v) is 15.4. The molecule has 5 rings (SSSR count). The van der Waals surface area contributed by atoms with E-state index < -0.39 is 16.1 Å². The lowest BCUT2D eigenvalue weighted by Crippen LogP contribution is -2.47. The molecule has 0 bridgehead atoms. The van der Waals surface area contributed by atoms with Gasteiger partial charge in [-0.3, -0.25) is 4.79 Å². The number of sulfonamides is 1. The first kappa shape index (κ1) is 28.1. The van der Waals surface area contributed by atoms with Crippen LogP contribution in [0.25, 0.3) is 10.9 Å². The molecule has 0 radical (unpaired) electrons. The van der Waals surface area contributed by atoms with E-state index >= 15 is 0 Å². The Balaban J connectivity index is 1.35. The number of fused-ring (bicyclic) bond motifs is 1. The van der Waals surface area contributed by atoms with Crippen LogP contribution < -0.4 is 15.4 Å². The summed E-state index contributed by atoms with van der Waals surface area (Å²) in [7, 11) is -4.07. The number of para-hydroxylation sites is 1. The van der Waals surface area contributed by atoms with Gasteiger partial charge in [0.15, 0.2) is 0 Å². The van der Waals surface area contributed by atoms with E-state index in [1.165, 1.54) is 16.4 Å². The van der Waals surface area contributed by atoms with E-state index in [1.807, 2.05) is 31.2 Å². The van der Waals surface area contributed by atoms with Crippen molar-refractivity contribution in [2.75, 3.05) is 26.2 Å². The van der Waals surface area contributed by atoms with Crippen LogP contribution in [-0.2, 0) is 21.4 Å². The molecule has 0 aliphatic carbocycles. The molecule has 2 N–H and O–H groups in total. The highest BCUT2D eigenvalue weighted by Crippen LogP contribution is 2.36. The molecule has 1 atom stereocenters. The van der Waals surface area contributed by atoms with Crippen LogP contribution in [0, 0.1) is 12.8 Å². The summed E-state index contributed by atoms with van der Waals surface area (Å²) in [4.78, 5) is 17.6. The summed E-state index contributed by atoms with van der Waals surface area (Å²) < 4.78 is 34.9. The predicted octanol–water partition coefficient (Wildman–Crippen LogP) is 4.70. The van der Waals surface area contributed by atoms with Gasteiger partial charge in [0.1, 0.15) is 28.8 Å². The largest absolute Gasteiger partial charge is 0.487 e. The molecule has 1 amide bonds. The number of aryl methyl sites for hydroxylation is 1. The van der Waals surface area contributed by atoms with Crippen LogP contribution >= 0.6 is 23.2 Å². The Hall–Kier alpha value is -2.43. The third kappa shape index (κ3) is 6.02. The fourth-order valence-corrected chi connectivity index (χ4v) is 7.78. The molecule has 208 valence electrons. The number of benzene rings is 2. The van der Waals surface area contributed by atoms with Crippen LogP contribution in [0.5, 0.6) is 5.75 Å². The van der Waals surface area contributed by atoms with Gasteiger partial charge in [-0.2, -0.15) is 4.31 Å². The number of carbonyl (C=O) groups is 1. The molecule has 39 heavy (non-hydrogen) atoms. The first-order chi connectivity index (χ1) is 18.8.